The van der Waals surface area contributed by atoms with E-state index in [1.165, 1.54) is 6.07 Å². The maximum Gasteiger partial charge on any atom is 0.353 e. The van der Waals surface area contributed by atoms with Crippen molar-refractivity contribution in [2.75, 3.05) is 5.32 Å². The Morgan fingerprint density at radius 1 is 1.62 bits per heavy atom. The summed E-state index contributed by atoms with van der Waals surface area (Å²) in [7, 11) is 0. The highest BCUT2D eigenvalue weighted by Crippen LogP contribution is 2.21. The highest BCUT2D eigenvalue weighted by atomic mass is 19.1. The maximum absolute atomic E-state index is 12.9. The van der Waals surface area contributed by atoms with Crippen LogP contribution in [0.5, 0.6) is 0 Å². The molecule has 0 fully saturated rings. The number of benzene rings is 1. The number of halogens is 1. The summed E-state index contributed by atoms with van der Waals surface area (Å²) in [4.78, 5) is 20.9. The van der Waals surface area contributed by atoms with Gasteiger partial charge in [0.15, 0.2) is 0 Å². The molecule has 2 N–H and O–H groups in total. The Balaban J connectivity index is 2.92. The van der Waals surface area contributed by atoms with Crippen LogP contribution in [0.4, 0.5) is 15.8 Å². The molecule has 1 amide bonds. The fourth-order valence-corrected chi connectivity index (χ4v) is 1.01. The molecular formula is C9H7FN3O3+. The van der Waals surface area contributed by atoms with Crippen LogP contribution in [0.2, 0.25) is 0 Å². The van der Waals surface area contributed by atoms with Crippen LogP contribution in [0.3, 0.4) is 0 Å². The minimum atomic E-state index is -0.921. The van der Waals surface area contributed by atoms with Crippen molar-refractivity contribution in [1.29, 1.82) is 5.26 Å². The molecule has 0 atom stereocenters. The average Bonchev–Trinajstić information content (AvgIpc) is 2.21. The molecule has 0 aliphatic heterocycles. The molecule has 0 aliphatic carbocycles. The highest BCUT2D eigenvalue weighted by molar-refractivity contribution is 5.92. The van der Waals surface area contributed by atoms with Crippen molar-refractivity contribution in [3.63, 3.8) is 0 Å². The molecule has 0 radical (unpaired) electrons. The lowest BCUT2D eigenvalue weighted by Gasteiger charge is -2.01. The van der Waals surface area contributed by atoms with Gasteiger partial charge >= 0.3 is 5.69 Å². The van der Waals surface area contributed by atoms with Gasteiger partial charge in [0.1, 0.15) is 6.42 Å². The second-order valence-corrected chi connectivity index (χ2v) is 2.82. The Hall–Kier alpha value is -2.49. The van der Waals surface area contributed by atoms with E-state index >= 15 is 0 Å². The van der Waals surface area contributed by atoms with Gasteiger partial charge in [0, 0.05) is 11.8 Å². The van der Waals surface area contributed by atoms with E-state index in [0.717, 1.165) is 12.1 Å². The average molecular weight is 224 g/mol. The number of nitriles is 1. The van der Waals surface area contributed by atoms with Gasteiger partial charge in [0.05, 0.1) is 11.0 Å². The fourth-order valence-electron chi connectivity index (χ4n) is 1.01. The second kappa shape index (κ2) is 4.84. The molecule has 1 rings (SSSR count). The summed E-state index contributed by atoms with van der Waals surface area (Å²) in [5.74, 6) is -1.51. The summed E-state index contributed by atoms with van der Waals surface area (Å²) < 4.78 is 12.9. The third-order valence-electron chi connectivity index (χ3n) is 1.68. The third kappa shape index (κ3) is 2.75. The number of anilines is 1. The van der Waals surface area contributed by atoms with Gasteiger partial charge in [0.25, 0.3) is 4.92 Å². The minimum Gasteiger partial charge on any atom is -0.325 e. The third-order valence-corrected chi connectivity index (χ3v) is 1.68. The number of nitrogens with zero attached hydrogens (tertiary/aromatic N) is 2. The van der Waals surface area contributed by atoms with Crippen LogP contribution in [0.25, 0.3) is 0 Å². The Bertz CT molecular complexity index is 481. The van der Waals surface area contributed by atoms with Gasteiger partial charge in [-0.2, -0.15) is 9.65 Å². The predicted molar refractivity (Wildman–Crippen MR) is 50.3 cm³/mol. The topological polar surface area (TPSA) is 93.2 Å². The summed E-state index contributed by atoms with van der Waals surface area (Å²) in [5, 5.41) is 19.0. The van der Waals surface area contributed by atoms with Gasteiger partial charge < -0.3 is 5.32 Å². The Kier molecular flexibility index (Phi) is 3.50. The standard InChI is InChI=1S/C9H6FN3O3/c10-7-2-1-6(5-8(7)13(15)16)12-9(14)3-4-11/h1-2,5H,3H2,(H-,12,14,15,16)/p+1. The van der Waals surface area contributed by atoms with Gasteiger partial charge in [-0.25, -0.2) is 5.21 Å². The lowest BCUT2D eigenvalue weighted by molar-refractivity contribution is -0.730. The summed E-state index contributed by atoms with van der Waals surface area (Å²) in [6, 6.07) is 4.71. The van der Waals surface area contributed by atoms with E-state index in [2.05, 4.69) is 5.32 Å². The van der Waals surface area contributed by atoms with Crippen molar-refractivity contribution in [2.24, 2.45) is 0 Å². The largest absolute Gasteiger partial charge is 0.353 e. The molecule has 0 heterocycles. The summed E-state index contributed by atoms with van der Waals surface area (Å²) in [6.45, 7) is 0. The smallest absolute Gasteiger partial charge is 0.325 e. The monoisotopic (exact) mass is 224 g/mol. The minimum absolute atomic E-state index is 0.117. The maximum atomic E-state index is 12.9. The zero-order valence-electron chi connectivity index (χ0n) is 7.98. The summed E-state index contributed by atoms with van der Waals surface area (Å²) in [6.07, 6.45) is -0.354. The van der Waals surface area contributed by atoms with Crippen LogP contribution in [-0.4, -0.2) is 16.0 Å². The number of rotatable bonds is 3. The summed E-state index contributed by atoms with van der Waals surface area (Å²) in [5.41, 5.74) is -0.499. The van der Waals surface area contributed by atoms with Crippen LogP contribution in [0, 0.1) is 22.1 Å². The zero-order valence-corrected chi connectivity index (χ0v) is 7.98. The normalized spacial score (nSPS) is 9.25. The van der Waals surface area contributed by atoms with Crippen molar-refractivity contribution in [3.05, 3.63) is 28.9 Å². The van der Waals surface area contributed by atoms with Crippen molar-refractivity contribution in [2.45, 2.75) is 6.42 Å². The molecule has 0 bridgehead atoms. The molecule has 1 aromatic carbocycles. The van der Waals surface area contributed by atoms with E-state index in [0.29, 0.717) is 0 Å². The number of nitrogens with one attached hydrogen (secondary N) is 1. The first-order chi connectivity index (χ1) is 7.54. The summed E-state index contributed by atoms with van der Waals surface area (Å²) >= 11 is 0. The van der Waals surface area contributed by atoms with Crippen LogP contribution in [0.15, 0.2) is 18.2 Å². The number of hydrogen-bond acceptors (Lipinski definition) is 3. The van der Waals surface area contributed by atoms with E-state index < -0.39 is 22.3 Å². The molecule has 1 aromatic rings. The molecule has 7 heteroatoms. The molecule has 0 saturated heterocycles. The molecule has 0 aliphatic rings. The fraction of sp³-hybridized carbons (Fsp3) is 0.111. The van der Waals surface area contributed by atoms with E-state index in [9.17, 15) is 14.1 Å². The number of carbonyl (C=O) groups is 1. The number of carbonyl (C=O) groups excluding carboxylic acids is 1. The molecule has 0 spiro atoms. The molecule has 0 unspecified atom stereocenters. The van der Waals surface area contributed by atoms with Gasteiger partial charge in [-0.3, -0.25) is 4.79 Å². The Labute approximate surface area is 89.4 Å². The van der Waals surface area contributed by atoms with Gasteiger partial charge in [-0.1, -0.05) is 0 Å². The molecule has 0 saturated carbocycles. The van der Waals surface area contributed by atoms with Crippen LogP contribution >= 0.6 is 0 Å². The van der Waals surface area contributed by atoms with Gasteiger partial charge in [-0.05, 0) is 12.1 Å². The van der Waals surface area contributed by atoms with E-state index in [4.69, 9.17) is 10.5 Å². The zero-order chi connectivity index (χ0) is 12.1. The van der Waals surface area contributed by atoms with Crippen LogP contribution < -0.4 is 5.32 Å². The quantitative estimate of drug-likeness (QED) is 0.760. The first-order valence-electron chi connectivity index (χ1n) is 4.17. The molecule has 6 nitrogen and oxygen atoms in total. The molecule has 82 valence electrons. The van der Waals surface area contributed by atoms with Gasteiger partial charge in [-0.15, -0.1) is 0 Å². The van der Waals surface area contributed by atoms with Crippen LogP contribution in [0.1, 0.15) is 6.42 Å². The molecule has 0 aromatic heterocycles. The van der Waals surface area contributed by atoms with Crippen LogP contribution in [-0.2, 0) is 4.79 Å². The van der Waals surface area contributed by atoms with E-state index in [1.807, 2.05) is 0 Å². The predicted octanol–water partition coefficient (Wildman–Crippen LogP) is 1.48. The van der Waals surface area contributed by atoms with Crippen molar-refractivity contribution < 1.29 is 19.3 Å². The lowest BCUT2D eigenvalue weighted by atomic mass is 10.2. The van der Waals surface area contributed by atoms with Crippen molar-refractivity contribution in [3.8, 4) is 6.07 Å². The Morgan fingerprint density at radius 3 is 2.88 bits per heavy atom. The molecule has 16 heavy (non-hydrogen) atoms. The van der Waals surface area contributed by atoms with Gasteiger partial charge in [0.2, 0.25) is 11.7 Å². The number of hydrogen-bond donors (Lipinski definition) is 2. The first-order valence-corrected chi connectivity index (χ1v) is 4.17. The molecular weight excluding hydrogens is 217 g/mol. The van der Waals surface area contributed by atoms with E-state index in [-0.39, 0.29) is 12.1 Å². The van der Waals surface area contributed by atoms with Crippen molar-refractivity contribution in [1.82, 2.24) is 0 Å². The Morgan fingerprint density at radius 2 is 2.31 bits per heavy atom. The van der Waals surface area contributed by atoms with Crippen molar-refractivity contribution >= 4 is 17.3 Å². The SMILES string of the molecule is N#CCC(=O)Nc1ccc(F)c([N+](=O)O)c1. The number of amides is 1. The van der Waals surface area contributed by atoms with E-state index in [1.54, 1.807) is 6.07 Å². The second-order valence-electron chi connectivity index (χ2n) is 2.82. The highest BCUT2D eigenvalue weighted by Gasteiger charge is 2.19. The lowest BCUT2D eigenvalue weighted by Crippen LogP contribution is -2.10. The first kappa shape index (κ1) is 11.6.